The molecular weight excluding hydrogens is 276 g/mol. The average Bonchev–Trinajstić information content (AvgIpc) is 2.16. The van der Waals surface area contributed by atoms with Crippen molar-refractivity contribution in [3.05, 3.63) is 32.2 Å². The molecule has 0 unspecified atom stereocenters. The minimum Gasteiger partial charge on any atom is -0.465 e. The quantitative estimate of drug-likeness (QED) is 0.842. The molecule has 1 N–H and O–H groups in total. The summed E-state index contributed by atoms with van der Waals surface area (Å²) in [4.78, 5) is 24.2. The van der Waals surface area contributed by atoms with Crippen molar-refractivity contribution in [1.29, 1.82) is 0 Å². The summed E-state index contributed by atoms with van der Waals surface area (Å²) < 4.78 is 28.8. The number of aromatic amines is 1. The lowest BCUT2D eigenvalue weighted by Gasteiger charge is -2.04. The largest absolute Gasteiger partial charge is 0.465 e. The molecule has 0 saturated heterocycles. The van der Waals surface area contributed by atoms with Gasteiger partial charge < -0.3 is 9.72 Å². The fraction of sp³-hybridized carbons (Fsp3) is 0.250. The Labute approximate surface area is 91.4 Å². The van der Waals surface area contributed by atoms with Gasteiger partial charge in [-0.3, -0.25) is 4.79 Å². The second-order valence-corrected chi connectivity index (χ2v) is 3.42. The smallest absolute Gasteiger partial charge is 0.344 e. The lowest BCUT2D eigenvalue weighted by atomic mass is 10.2. The highest BCUT2D eigenvalue weighted by Crippen LogP contribution is 2.21. The lowest BCUT2D eigenvalue weighted by Crippen LogP contribution is -2.21. The number of alkyl halides is 2. The Hall–Kier alpha value is -1.24. The molecule has 1 aromatic rings. The van der Waals surface area contributed by atoms with Crippen molar-refractivity contribution in [2.45, 2.75) is 6.43 Å². The third-order valence-electron chi connectivity index (χ3n) is 1.63. The van der Waals surface area contributed by atoms with Gasteiger partial charge in [0.15, 0.2) is 0 Å². The monoisotopic (exact) mass is 281 g/mol. The molecule has 0 aliphatic carbocycles. The van der Waals surface area contributed by atoms with E-state index in [1.165, 1.54) is 0 Å². The Morgan fingerprint density at radius 1 is 1.60 bits per heavy atom. The van der Waals surface area contributed by atoms with Crippen molar-refractivity contribution in [2.75, 3.05) is 7.11 Å². The molecule has 82 valence electrons. The number of pyridine rings is 1. The summed E-state index contributed by atoms with van der Waals surface area (Å²) in [6, 6.07) is 0.971. The van der Waals surface area contributed by atoms with Gasteiger partial charge >= 0.3 is 5.97 Å². The molecule has 0 aliphatic rings. The number of hydrogen-bond acceptors (Lipinski definition) is 3. The molecule has 1 rings (SSSR count). The van der Waals surface area contributed by atoms with Gasteiger partial charge in [-0.05, 0) is 22.0 Å². The number of H-pyrrole nitrogens is 1. The van der Waals surface area contributed by atoms with Crippen LogP contribution in [-0.2, 0) is 4.74 Å². The second-order valence-electron chi connectivity index (χ2n) is 2.57. The van der Waals surface area contributed by atoms with Crippen LogP contribution in [0.1, 0.15) is 22.5 Å². The van der Waals surface area contributed by atoms with E-state index < -0.39 is 23.6 Å². The molecule has 0 radical (unpaired) electrons. The van der Waals surface area contributed by atoms with Gasteiger partial charge in [0.1, 0.15) is 5.56 Å². The van der Waals surface area contributed by atoms with Crippen molar-refractivity contribution < 1.29 is 18.3 Å². The van der Waals surface area contributed by atoms with E-state index in [0.29, 0.717) is 0 Å². The minimum atomic E-state index is -2.80. The van der Waals surface area contributed by atoms with Crippen molar-refractivity contribution in [2.24, 2.45) is 0 Å². The van der Waals surface area contributed by atoms with Gasteiger partial charge in [-0.15, -0.1) is 0 Å². The molecule has 4 nitrogen and oxygen atoms in total. The fourth-order valence-electron chi connectivity index (χ4n) is 0.957. The molecule has 0 aliphatic heterocycles. The zero-order valence-electron chi connectivity index (χ0n) is 7.51. The maximum Gasteiger partial charge on any atom is 0.344 e. The van der Waals surface area contributed by atoms with Gasteiger partial charge in [-0.25, -0.2) is 13.6 Å². The Morgan fingerprint density at radius 2 is 2.20 bits per heavy atom. The maximum atomic E-state index is 12.2. The van der Waals surface area contributed by atoms with Crippen molar-refractivity contribution in [3.8, 4) is 0 Å². The lowest BCUT2D eigenvalue weighted by molar-refractivity contribution is 0.0596. The summed E-state index contributed by atoms with van der Waals surface area (Å²) >= 11 is 2.85. The predicted octanol–water partition coefficient (Wildman–Crippen LogP) is 1.86. The molecule has 1 aromatic heterocycles. The van der Waals surface area contributed by atoms with Crippen LogP contribution >= 0.6 is 15.9 Å². The van der Waals surface area contributed by atoms with Crippen LogP contribution in [0.4, 0.5) is 8.78 Å². The fourth-order valence-corrected chi connectivity index (χ4v) is 1.55. The molecule has 7 heteroatoms. The first-order valence-corrected chi connectivity index (χ1v) is 4.56. The van der Waals surface area contributed by atoms with Crippen molar-refractivity contribution in [3.63, 3.8) is 0 Å². The van der Waals surface area contributed by atoms with Crippen LogP contribution in [0.5, 0.6) is 0 Å². The highest BCUT2D eigenvalue weighted by molar-refractivity contribution is 9.10. The number of halogens is 3. The summed E-state index contributed by atoms with van der Waals surface area (Å²) in [5.74, 6) is -0.885. The SMILES string of the molecule is COC(=O)c1c(Br)cc(C(F)F)[nH]c1=O. The van der Waals surface area contributed by atoms with E-state index in [1.807, 2.05) is 4.98 Å². The number of aromatic nitrogens is 1. The summed E-state index contributed by atoms with van der Waals surface area (Å²) in [5, 5.41) is 0. The maximum absolute atomic E-state index is 12.2. The molecular formula is C8H6BrF2NO3. The van der Waals surface area contributed by atoms with Crippen molar-refractivity contribution >= 4 is 21.9 Å². The number of ether oxygens (including phenoxy) is 1. The first-order chi connectivity index (χ1) is 6.97. The van der Waals surface area contributed by atoms with Gasteiger partial charge in [-0.1, -0.05) is 0 Å². The Kier molecular flexibility index (Phi) is 3.57. The van der Waals surface area contributed by atoms with E-state index in [0.717, 1.165) is 13.2 Å². The van der Waals surface area contributed by atoms with Crippen LogP contribution in [-0.4, -0.2) is 18.1 Å². The first kappa shape index (κ1) is 11.8. The normalized spacial score (nSPS) is 10.5. The average molecular weight is 282 g/mol. The zero-order chi connectivity index (χ0) is 11.6. The van der Waals surface area contributed by atoms with Crippen LogP contribution in [0.25, 0.3) is 0 Å². The Balaban J connectivity index is 3.34. The Bertz CT molecular complexity index is 444. The van der Waals surface area contributed by atoms with E-state index >= 15 is 0 Å². The summed E-state index contributed by atoms with van der Waals surface area (Å²) in [5.41, 5.74) is -1.80. The van der Waals surface area contributed by atoms with Crippen LogP contribution in [0.15, 0.2) is 15.3 Å². The third kappa shape index (κ3) is 2.41. The first-order valence-electron chi connectivity index (χ1n) is 3.76. The molecule has 1 heterocycles. The highest BCUT2D eigenvalue weighted by atomic mass is 79.9. The molecule has 0 fully saturated rings. The van der Waals surface area contributed by atoms with Gasteiger partial charge in [0.25, 0.3) is 12.0 Å². The molecule has 0 bridgehead atoms. The van der Waals surface area contributed by atoms with Crippen LogP contribution in [0.3, 0.4) is 0 Å². The van der Waals surface area contributed by atoms with E-state index in [1.54, 1.807) is 0 Å². The van der Waals surface area contributed by atoms with Crippen LogP contribution in [0, 0.1) is 0 Å². The number of carbonyl (C=O) groups excluding carboxylic acids is 1. The molecule has 0 aromatic carbocycles. The molecule has 0 amide bonds. The summed E-state index contributed by atoms with van der Waals surface area (Å²) in [7, 11) is 1.09. The summed E-state index contributed by atoms with van der Waals surface area (Å²) in [6.45, 7) is 0. The van der Waals surface area contributed by atoms with Gasteiger partial charge in [-0.2, -0.15) is 0 Å². The van der Waals surface area contributed by atoms with E-state index in [4.69, 9.17) is 0 Å². The predicted molar refractivity (Wildman–Crippen MR) is 51.1 cm³/mol. The van der Waals surface area contributed by atoms with Crippen LogP contribution < -0.4 is 5.56 Å². The summed E-state index contributed by atoms with van der Waals surface area (Å²) in [6.07, 6.45) is -2.80. The van der Waals surface area contributed by atoms with E-state index in [-0.39, 0.29) is 10.0 Å². The van der Waals surface area contributed by atoms with E-state index in [2.05, 4.69) is 20.7 Å². The van der Waals surface area contributed by atoms with Gasteiger partial charge in [0.05, 0.1) is 12.8 Å². The molecule has 0 spiro atoms. The molecule has 0 saturated carbocycles. The standard InChI is InChI=1S/C8H6BrF2NO3/c1-15-8(14)5-3(9)2-4(6(10)11)12-7(5)13/h2,6H,1H3,(H,12,13). The highest BCUT2D eigenvalue weighted by Gasteiger charge is 2.19. The zero-order valence-corrected chi connectivity index (χ0v) is 9.10. The molecule has 15 heavy (non-hydrogen) atoms. The van der Waals surface area contributed by atoms with Crippen molar-refractivity contribution in [1.82, 2.24) is 4.98 Å². The molecule has 0 atom stereocenters. The number of hydrogen-bond donors (Lipinski definition) is 1. The second kappa shape index (κ2) is 4.52. The van der Waals surface area contributed by atoms with Gasteiger partial charge in [0.2, 0.25) is 0 Å². The third-order valence-corrected chi connectivity index (χ3v) is 2.26. The number of carbonyl (C=O) groups is 1. The Morgan fingerprint density at radius 3 is 2.60 bits per heavy atom. The number of esters is 1. The number of nitrogens with one attached hydrogen (secondary N) is 1. The topological polar surface area (TPSA) is 59.2 Å². The van der Waals surface area contributed by atoms with E-state index in [9.17, 15) is 18.4 Å². The van der Waals surface area contributed by atoms with Crippen LogP contribution in [0.2, 0.25) is 0 Å². The number of methoxy groups -OCH3 is 1. The minimum absolute atomic E-state index is 0.0200. The number of rotatable bonds is 2. The van der Waals surface area contributed by atoms with Gasteiger partial charge in [0, 0.05) is 4.47 Å².